The molecule has 1 rings (SSSR count). The van der Waals surface area contributed by atoms with Crippen LogP contribution in [0.15, 0.2) is 0 Å². The highest BCUT2D eigenvalue weighted by atomic mass is 32.2. The van der Waals surface area contributed by atoms with E-state index in [1.807, 2.05) is 6.26 Å². The average Bonchev–Trinajstić information content (AvgIpc) is 2.69. The normalized spacial score (nSPS) is 13.2. The number of aliphatic hydroxyl groups is 2. The maximum absolute atomic E-state index is 9.82. The highest BCUT2D eigenvalue weighted by molar-refractivity contribution is 7.99. The van der Waals surface area contributed by atoms with E-state index in [-0.39, 0.29) is 24.8 Å². The minimum Gasteiger partial charge on any atom is -0.463 e. The van der Waals surface area contributed by atoms with Crippen LogP contribution in [0.3, 0.4) is 0 Å². The molecule has 1 aromatic heterocycles. The molecule has 0 aliphatic carbocycles. The van der Waals surface area contributed by atoms with Crippen molar-refractivity contribution in [3.63, 3.8) is 0 Å². The fourth-order valence-electron chi connectivity index (χ4n) is 1.85. The van der Waals surface area contributed by atoms with Gasteiger partial charge in [0.25, 0.3) is 0 Å². The first-order chi connectivity index (χ1) is 13.6. The molecule has 2 atom stereocenters. The summed E-state index contributed by atoms with van der Waals surface area (Å²) < 4.78 is 21.2. The third-order valence-electron chi connectivity index (χ3n) is 3.34. The number of thioether (sulfide) groups is 2. The molecule has 0 fully saturated rings. The average molecular weight is 438 g/mol. The Morgan fingerprint density at radius 2 is 1.46 bits per heavy atom. The van der Waals surface area contributed by atoms with Gasteiger partial charge in [-0.3, -0.25) is 0 Å². The highest BCUT2D eigenvalue weighted by Gasteiger charge is 2.15. The summed E-state index contributed by atoms with van der Waals surface area (Å²) in [4.78, 5) is 12.3. The van der Waals surface area contributed by atoms with Crippen molar-refractivity contribution in [3.8, 4) is 18.0 Å². The summed E-state index contributed by atoms with van der Waals surface area (Å²) in [7, 11) is 1.51. The molecule has 11 heteroatoms. The van der Waals surface area contributed by atoms with E-state index in [2.05, 4.69) is 21.9 Å². The monoisotopic (exact) mass is 437 g/mol. The van der Waals surface area contributed by atoms with Crippen LogP contribution < -0.4 is 14.2 Å². The largest absolute Gasteiger partial charge is 0.463 e. The predicted octanol–water partition coefficient (Wildman–Crippen LogP) is 1.62. The van der Waals surface area contributed by atoms with Gasteiger partial charge < -0.3 is 29.2 Å². The van der Waals surface area contributed by atoms with Gasteiger partial charge in [0.05, 0.1) is 25.4 Å². The van der Waals surface area contributed by atoms with Gasteiger partial charge in [-0.25, -0.2) is 0 Å². The lowest BCUT2D eigenvalue weighted by molar-refractivity contribution is 0.0425. The number of ether oxygens (including phenoxy) is 4. The van der Waals surface area contributed by atoms with Gasteiger partial charge in [0.15, 0.2) is 6.79 Å². The summed E-state index contributed by atoms with van der Waals surface area (Å²) in [6, 6.07) is 0.372. The van der Waals surface area contributed by atoms with Crippen molar-refractivity contribution in [2.75, 3.05) is 50.6 Å². The number of aliphatic hydroxyl groups excluding tert-OH is 2. The van der Waals surface area contributed by atoms with Gasteiger partial charge >= 0.3 is 18.0 Å². The number of hydrogen-bond acceptors (Lipinski definition) is 11. The van der Waals surface area contributed by atoms with Crippen LogP contribution in [0.5, 0.6) is 18.0 Å². The van der Waals surface area contributed by atoms with Crippen LogP contribution in [-0.4, -0.2) is 88.0 Å². The fraction of sp³-hybridized carbons (Fsp3) is 0.824. The second-order valence-electron chi connectivity index (χ2n) is 5.80. The zero-order valence-electron chi connectivity index (χ0n) is 16.7. The number of hydrogen-bond donors (Lipinski definition) is 2. The second kappa shape index (κ2) is 15.9. The molecular formula is C17H31N3O6S2. The SMILES string of the molecule is CCCCOc1nc(OCCCSCC(O)C(O)CSC)nc(OCOC)n1. The number of rotatable bonds is 17. The van der Waals surface area contributed by atoms with Crippen LogP contribution >= 0.6 is 23.5 Å². The third-order valence-corrected chi connectivity index (χ3v) is 5.17. The van der Waals surface area contributed by atoms with E-state index >= 15 is 0 Å². The number of aromatic nitrogens is 3. The van der Waals surface area contributed by atoms with Gasteiger partial charge in [-0.15, -0.1) is 15.0 Å². The molecule has 2 unspecified atom stereocenters. The van der Waals surface area contributed by atoms with E-state index in [0.29, 0.717) is 24.7 Å². The van der Waals surface area contributed by atoms with Crippen molar-refractivity contribution in [2.45, 2.75) is 38.4 Å². The molecule has 0 bridgehead atoms. The molecule has 0 aliphatic heterocycles. The molecule has 0 radical (unpaired) electrons. The van der Waals surface area contributed by atoms with E-state index in [0.717, 1.165) is 25.0 Å². The van der Waals surface area contributed by atoms with Crippen LogP contribution in [0.1, 0.15) is 26.2 Å². The first-order valence-corrected chi connectivity index (χ1v) is 11.7. The van der Waals surface area contributed by atoms with Crippen molar-refractivity contribution in [1.29, 1.82) is 0 Å². The molecule has 0 amide bonds. The minimum atomic E-state index is -0.717. The van der Waals surface area contributed by atoms with Crippen LogP contribution in [0.4, 0.5) is 0 Å². The molecule has 162 valence electrons. The standard InChI is InChI=1S/C17H31N3O6S2/c1-4-5-7-24-15-18-16(20-17(19-15)26-12-23-2)25-8-6-9-28-11-14(22)13(21)10-27-3/h13-14,21-22H,4-12H2,1-3H3. The Morgan fingerprint density at radius 1 is 0.893 bits per heavy atom. The Kier molecular flexibility index (Phi) is 14.2. The van der Waals surface area contributed by atoms with E-state index in [9.17, 15) is 10.2 Å². The Hall–Kier alpha value is -1.01. The number of methoxy groups -OCH3 is 1. The van der Waals surface area contributed by atoms with Crippen molar-refractivity contribution in [3.05, 3.63) is 0 Å². The highest BCUT2D eigenvalue weighted by Crippen LogP contribution is 2.16. The first-order valence-electron chi connectivity index (χ1n) is 9.16. The van der Waals surface area contributed by atoms with Crippen molar-refractivity contribution in [1.82, 2.24) is 15.0 Å². The van der Waals surface area contributed by atoms with E-state index in [1.54, 1.807) is 11.8 Å². The fourth-order valence-corrected chi connectivity index (χ4v) is 3.37. The van der Waals surface area contributed by atoms with Crippen LogP contribution in [-0.2, 0) is 4.74 Å². The Balaban J connectivity index is 2.39. The van der Waals surface area contributed by atoms with Gasteiger partial charge in [-0.1, -0.05) is 13.3 Å². The van der Waals surface area contributed by atoms with Crippen LogP contribution in [0.2, 0.25) is 0 Å². The van der Waals surface area contributed by atoms with Gasteiger partial charge in [-0.2, -0.15) is 23.5 Å². The number of unbranched alkanes of at least 4 members (excludes halogenated alkanes) is 1. The molecule has 0 saturated carbocycles. The second-order valence-corrected chi connectivity index (χ2v) is 7.86. The van der Waals surface area contributed by atoms with Gasteiger partial charge in [0.1, 0.15) is 0 Å². The molecule has 9 nitrogen and oxygen atoms in total. The summed E-state index contributed by atoms with van der Waals surface area (Å²) in [5, 5.41) is 19.5. The molecule has 0 aromatic carbocycles. The quantitative estimate of drug-likeness (QED) is 0.273. The zero-order valence-corrected chi connectivity index (χ0v) is 18.3. The Labute approximate surface area is 174 Å². The van der Waals surface area contributed by atoms with Crippen LogP contribution in [0.25, 0.3) is 0 Å². The summed E-state index contributed by atoms with van der Waals surface area (Å²) in [5.74, 6) is 1.79. The molecule has 28 heavy (non-hydrogen) atoms. The Morgan fingerprint density at radius 3 is 2.04 bits per heavy atom. The van der Waals surface area contributed by atoms with Gasteiger partial charge in [0, 0.05) is 18.6 Å². The maximum Gasteiger partial charge on any atom is 0.327 e. The summed E-state index contributed by atoms with van der Waals surface area (Å²) in [6.45, 7) is 2.99. The maximum atomic E-state index is 9.82. The van der Waals surface area contributed by atoms with Crippen molar-refractivity contribution in [2.24, 2.45) is 0 Å². The smallest absolute Gasteiger partial charge is 0.327 e. The lowest BCUT2D eigenvalue weighted by Gasteiger charge is -2.16. The van der Waals surface area contributed by atoms with Crippen molar-refractivity contribution >= 4 is 23.5 Å². The first kappa shape index (κ1) is 25.0. The lowest BCUT2D eigenvalue weighted by Crippen LogP contribution is -2.30. The van der Waals surface area contributed by atoms with E-state index in [1.165, 1.54) is 18.9 Å². The molecule has 2 N–H and O–H groups in total. The molecule has 0 saturated heterocycles. The topological polar surface area (TPSA) is 116 Å². The van der Waals surface area contributed by atoms with Gasteiger partial charge in [0.2, 0.25) is 0 Å². The molecule has 0 spiro atoms. The number of nitrogens with zero attached hydrogens (tertiary/aromatic N) is 3. The summed E-state index contributed by atoms with van der Waals surface area (Å²) in [5.41, 5.74) is 0. The minimum absolute atomic E-state index is 0.0131. The third kappa shape index (κ3) is 11.1. The predicted molar refractivity (Wildman–Crippen MR) is 111 cm³/mol. The van der Waals surface area contributed by atoms with Crippen molar-refractivity contribution < 1.29 is 29.2 Å². The van der Waals surface area contributed by atoms with Crippen LogP contribution in [0, 0.1) is 0 Å². The molecular weight excluding hydrogens is 406 g/mol. The molecule has 1 aromatic rings. The Bertz CT molecular complexity index is 530. The van der Waals surface area contributed by atoms with Gasteiger partial charge in [-0.05, 0) is 24.9 Å². The summed E-state index contributed by atoms with van der Waals surface area (Å²) >= 11 is 3.07. The molecule has 1 heterocycles. The van der Waals surface area contributed by atoms with E-state index < -0.39 is 12.2 Å². The lowest BCUT2D eigenvalue weighted by atomic mass is 10.3. The zero-order chi connectivity index (χ0) is 20.6. The summed E-state index contributed by atoms with van der Waals surface area (Å²) in [6.07, 6.45) is 3.12. The van der Waals surface area contributed by atoms with E-state index in [4.69, 9.17) is 18.9 Å². The molecule has 0 aliphatic rings.